The van der Waals surface area contributed by atoms with E-state index in [1.165, 1.54) is 4.90 Å². The third-order valence-electron chi connectivity index (χ3n) is 6.33. The van der Waals surface area contributed by atoms with Crippen molar-refractivity contribution in [3.05, 3.63) is 29.8 Å². The summed E-state index contributed by atoms with van der Waals surface area (Å²) in [5, 5.41) is 5.53. The fraction of sp³-hybridized carbons (Fsp3) is 0.583. The summed E-state index contributed by atoms with van der Waals surface area (Å²) in [6, 6.07) is 5.23. The topological polar surface area (TPSA) is 111 Å². The van der Waals surface area contributed by atoms with Gasteiger partial charge >= 0.3 is 0 Å². The molecular weight excluding hydrogens is 438 g/mol. The average molecular weight is 474 g/mol. The van der Waals surface area contributed by atoms with E-state index < -0.39 is 18.0 Å². The molecule has 2 atom stereocenters. The van der Waals surface area contributed by atoms with Crippen molar-refractivity contribution in [1.82, 2.24) is 25.3 Å². The molecule has 10 heteroatoms. The number of amides is 4. The Kier molecular flexibility index (Phi) is 8.86. The molecule has 1 aromatic rings. The molecule has 2 heterocycles. The number of hydrogen-bond acceptors (Lipinski definition) is 6. The molecule has 0 unspecified atom stereocenters. The standard InChI is InChI=1S/C24H35N5O5/c1-4-28-11-13-29(14-12-28)24(33)19-9-10-21(30)25-17(2)23(32)27(3)15-16-34-20-8-6-5-7-18(20)22(31)26-19/h5-8,17,19H,4,9-16H2,1-3H3,(H,25,30)(H,26,31)/t17-,19-/m0/s1. The Morgan fingerprint density at radius 3 is 2.47 bits per heavy atom. The molecule has 0 aromatic heterocycles. The largest absolute Gasteiger partial charge is 0.491 e. The van der Waals surface area contributed by atoms with Gasteiger partial charge in [0.25, 0.3) is 5.91 Å². The van der Waals surface area contributed by atoms with Gasteiger partial charge in [-0.15, -0.1) is 0 Å². The van der Waals surface area contributed by atoms with Crippen LogP contribution in [0.15, 0.2) is 24.3 Å². The van der Waals surface area contributed by atoms with Crippen molar-refractivity contribution in [2.45, 2.75) is 38.8 Å². The maximum Gasteiger partial charge on any atom is 0.255 e. The Bertz CT molecular complexity index is 899. The van der Waals surface area contributed by atoms with Crippen LogP contribution < -0.4 is 15.4 Å². The van der Waals surface area contributed by atoms with Crippen LogP contribution in [0, 0.1) is 0 Å². The number of carbonyl (C=O) groups excluding carboxylic acids is 4. The number of nitrogens with zero attached hydrogens (tertiary/aromatic N) is 3. The van der Waals surface area contributed by atoms with E-state index in [1.807, 2.05) is 0 Å². The number of para-hydroxylation sites is 1. The van der Waals surface area contributed by atoms with Crippen molar-refractivity contribution in [3.8, 4) is 5.75 Å². The Morgan fingerprint density at radius 2 is 1.76 bits per heavy atom. The number of fused-ring (bicyclic) bond motifs is 1. The molecule has 1 fully saturated rings. The van der Waals surface area contributed by atoms with Crippen LogP contribution in [0.5, 0.6) is 5.75 Å². The Labute approximate surface area is 200 Å². The SMILES string of the molecule is CCN1CCN(C(=O)[C@@H]2CCC(=O)N[C@@H](C)C(=O)N(C)CCOc3ccccc3C(=O)N2)CC1. The van der Waals surface area contributed by atoms with Gasteiger partial charge in [-0.25, -0.2) is 0 Å². The van der Waals surface area contributed by atoms with Crippen molar-refractivity contribution in [2.24, 2.45) is 0 Å². The van der Waals surface area contributed by atoms with Crippen molar-refractivity contribution in [3.63, 3.8) is 0 Å². The minimum Gasteiger partial charge on any atom is -0.491 e. The van der Waals surface area contributed by atoms with Crippen LogP contribution in [-0.2, 0) is 14.4 Å². The first-order valence-electron chi connectivity index (χ1n) is 11.9. The van der Waals surface area contributed by atoms with E-state index in [9.17, 15) is 19.2 Å². The summed E-state index contributed by atoms with van der Waals surface area (Å²) in [5.41, 5.74) is 0.303. The van der Waals surface area contributed by atoms with E-state index in [0.717, 1.165) is 19.6 Å². The predicted molar refractivity (Wildman–Crippen MR) is 126 cm³/mol. The monoisotopic (exact) mass is 473 g/mol. The predicted octanol–water partition coefficient (Wildman–Crippen LogP) is 0.0848. The number of piperazine rings is 1. The van der Waals surface area contributed by atoms with Gasteiger partial charge in [0.15, 0.2) is 0 Å². The van der Waals surface area contributed by atoms with Gasteiger partial charge in [0.1, 0.15) is 24.4 Å². The van der Waals surface area contributed by atoms with E-state index in [2.05, 4.69) is 22.5 Å². The molecule has 3 rings (SSSR count). The summed E-state index contributed by atoms with van der Waals surface area (Å²) in [5.74, 6) is -0.849. The lowest BCUT2D eigenvalue weighted by Crippen LogP contribution is -2.55. The number of hydrogen-bond donors (Lipinski definition) is 2. The number of rotatable bonds is 2. The molecule has 0 spiro atoms. The van der Waals surface area contributed by atoms with Crippen LogP contribution in [0.3, 0.4) is 0 Å². The molecule has 0 aliphatic carbocycles. The van der Waals surface area contributed by atoms with Gasteiger partial charge in [-0.1, -0.05) is 19.1 Å². The van der Waals surface area contributed by atoms with Gasteiger partial charge in [-0.2, -0.15) is 0 Å². The normalized spacial score (nSPS) is 23.7. The lowest BCUT2D eigenvalue weighted by Gasteiger charge is -2.36. The molecule has 0 bridgehead atoms. The fourth-order valence-electron chi connectivity index (χ4n) is 4.16. The average Bonchev–Trinajstić information content (AvgIpc) is 2.85. The van der Waals surface area contributed by atoms with Gasteiger partial charge in [-0.05, 0) is 32.0 Å². The second-order valence-corrected chi connectivity index (χ2v) is 8.72. The van der Waals surface area contributed by atoms with E-state index in [4.69, 9.17) is 4.74 Å². The second kappa shape index (κ2) is 11.8. The maximum atomic E-state index is 13.3. The highest BCUT2D eigenvalue weighted by molar-refractivity contribution is 5.99. The van der Waals surface area contributed by atoms with Crippen LogP contribution in [0.4, 0.5) is 0 Å². The highest BCUT2D eigenvalue weighted by atomic mass is 16.5. The Balaban J connectivity index is 1.82. The van der Waals surface area contributed by atoms with Gasteiger partial charge in [0.2, 0.25) is 17.7 Å². The van der Waals surface area contributed by atoms with Crippen LogP contribution in [-0.4, -0.2) is 103 Å². The number of ether oxygens (including phenoxy) is 1. The zero-order valence-corrected chi connectivity index (χ0v) is 20.2. The minimum atomic E-state index is -0.863. The van der Waals surface area contributed by atoms with Crippen LogP contribution >= 0.6 is 0 Å². The molecular formula is C24H35N5O5. The molecule has 0 radical (unpaired) electrons. The van der Waals surface area contributed by atoms with Gasteiger partial charge < -0.3 is 30.1 Å². The molecule has 1 saturated heterocycles. The van der Waals surface area contributed by atoms with Crippen molar-refractivity contribution < 1.29 is 23.9 Å². The highest BCUT2D eigenvalue weighted by Gasteiger charge is 2.30. The summed E-state index contributed by atoms with van der Waals surface area (Å²) in [6.45, 7) is 7.79. The first kappa shape index (κ1) is 25.5. The zero-order valence-electron chi connectivity index (χ0n) is 20.2. The molecule has 2 aliphatic rings. The van der Waals surface area contributed by atoms with Crippen molar-refractivity contribution in [2.75, 3.05) is 52.9 Å². The lowest BCUT2D eigenvalue weighted by molar-refractivity contribution is -0.136. The third-order valence-corrected chi connectivity index (χ3v) is 6.33. The smallest absolute Gasteiger partial charge is 0.255 e. The number of nitrogens with one attached hydrogen (secondary N) is 2. The molecule has 0 saturated carbocycles. The zero-order chi connectivity index (χ0) is 24.7. The summed E-state index contributed by atoms with van der Waals surface area (Å²) < 4.78 is 5.80. The molecule has 10 nitrogen and oxygen atoms in total. The summed E-state index contributed by atoms with van der Waals surface area (Å²) >= 11 is 0. The molecule has 2 N–H and O–H groups in total. The summed E-state index contributed by atoms with van der Waals surface area (Å²) in [6.07, 6.45) is 0.134. The van der Waals surface area contributed by atoms with Gasteiger partial charge in [-0.3, -0.25) is 19.2 Å². The van der Waals surface area contributed by atoms with Gasteiger partial charge in [0.05, 0.1) is 12.1 Å². The van der Waals surface area contributed by atoms with Crippen molar-refractivity contribution >= 4 is 23.6 Å². The first-order chi connectivity index (χ1) is 16.3. The van der Waals surface area contributed by atoms with E-state index in [-0.39, 0.29) is 37.2 Å². The Morgan fingerprint density at radius 1 is 1.06 bits per heavy atom. The van der Waals surface area contributed by atoms with Gasteiger partial charge in [0, 0.05) is 39.6 Å². The number of likely N-dealkylation sites (N-methyl/N-ethyl adjacent to an activating group) is 2. The maximum absolute atomic E-state index is 13.3. The van der Waals surface area contributed by atoms with Crippen LogP contribution in [0.25, 0.3) is 0 Å². The van der Waals surface area contributed by atoms with E-state index in [0.29, 0.717) is 30.9 Å². The van der Waals surface area contributed by atoms with Crippen molar-refractivity contribution in [1.29, 1.82) is 0 Å². The third kappa shape index (κ3) is 6.47. The quantitative estimate of drug-likeness (QED) is 0.630. The first-order valence-corrected chi connectivity index (χ1v) is 11.9. The highest BCUT2D eigenvalue weighted by Crippen LogP contribution is 2.19. The van der Waals surface area contributed by atoms with E-state index in [1.54, 1.807) is 43.1 Å². The number of benzene rings is 1. The number of carbonyl (C=O) groups is 4. The van der Waals surface area contributed by atoms with E-state index >= 15 is 0 Å². The molecule has 1 aromatic carbocycles. The van der Waals surface area contributed by atoms with Crippen LogP contribution in [0.1, 0.15) is 37.0 Å². The second-order valence-electron chi connectivity index (χ2n) is 8.72. The van der Waals surface area contributed by atoms with Crippen LogP contribution in [0.2, 0.25) is 0 Å². The lowest BCUT2D eigenvalue weighted by atomic mass is 10.1. The molecule has 186 valence electrons. The summed E-state index contributed by atoms with van der Waals surface area (Å²) in [7, 11) is 1.64. The molecule has 2 aliphatic heterocycles. The minimum absolute atomic E-state index is 0.00505. The summed E-state index contributed by atoms with van der Waals surface area (Å²) in [4.78, 5) is 57.1. The fourth-order valence-corrected chi connectivity index (χ4v) is 4.16. The molecule has 34 heavy (non-hydrogen) atoms. The molecule has 4 amide bonds. The Hall–Kier alpha value is -3.14.